The topological polar surface area (TPSA) is 96.1 Å². The van der Waals surface area contributed by atoms with Crippen LogP contribution in [0.4, 0.5) is 5.82 Å². The van der Waals surface area contributed by atoms with Gasteiger partial charge in [0.2, 0.25) is 5.91 Å². The highest BCUT2D eigenvalue weighted by Crippen LogP contribution is 2.21. The number of H-pyrrole nitrogens is 1. The average molecular weight is 342 g/mol. The standard InChI is InChI=1S/C18H22N4O3/c23-16(12-25-14-8-4-5-9-14)21-17(13-6-2-1-3-7-13)18(24)20-15-10-11-19-22-15/h1-3,6-7,10-11,14,17H,4-5,8-9,12H2,(H,21,23)(H2,19,20,22,24). The molecular weight excluding hydrogens is 320 g/mol. The van der Waals surface area contributed by atoms with Crippen LogP contribution in [0.2, 0.25) is 0 Å². The van der Waals surface area contributed by atoms with E-state index >= 15 is 0 Å². The van der Waals surface area contributed by atoms with Gasteiger partial charge in [-0.3, -0.25) is 14.7 Å². The van der Waals surface area contributed by atoms with Gasteiger partial charge in [-0.05, 0) is 18.4 Å². The molecule has 1 atom stereocenters. The molecule has 0 aliphatic heterocycles. The van der Waals surface area contributed by atoms with E-state index in [1.54, 1.807) is 24.4 Å². The van der Waals surface area contributed by atoms with E-state index in [1.807, 2.05) is 18.2 Å². The summed E-state index contributed by atoms with van der Waals surface area (Å²) in [4.78, 5) is 24.8. The van der Waals surface area contributed by atoms with E-state index in [2.05, 4.69) is 20.8 Å². The molecule has 3 N–H and O–H groups in total. The molecule has 2 amide bonds. The maximum absolute atomic E-state index is 12.6. The van der Waals surface area contributed by atoms with Crippen LogP contribution in [0.15, 0.2) is 42.6 Å². The summed E-state index contributed by atoms with van der Waals surface area (Å²) >= 11 is 0. The van der Waals surface area contributed by atoms with Crippen molar-refractivity contribution < 1.29 is 14.3 Å². The molecule has 1 unspecified atom stereocenters. The van der Waals surface area contributed by atoms with Crippen molar-refractivity contribution in [1.29, 1.82) is 0 Å². The first-order chi connectivity index (χ1) is 12.2. The molecule has 132 valence electrons. The number of rotatable bonds is 7. The van der Waals surface area contributed by atoms with Gasteiger partial charge in [-0.15, -0.1) is 0 Å². The van der Waals surface area contributed by atoms with Gasteiger partial charge in [0.1, 0.15) is 18.5 Å². The molecule has 0 saturated heterocycles. The number of anilines is 1. The second kappa shape index (κ2) is 8.43. The number of hydrogen-bond acceptors (Lipinski definition) is 4. The van der Waals surface area contributed by atoms with Crippen molar-refractivity contribution in [3.8, 4) is 0 Å². The third-order valence-electron chi connectivity index (χ3n) is 4.21. The molecule has 3 rings (SSSR count). The molecule has 2 aromatic rings. The van der Waals surface area contributed by atoms with Crippen molar-refractivity contribution in [3.05, 3.63) is 48.2 Å². The fraction of sp³-hybridized carbons (Fsp3) is 0.389. The number of aromatic amines is 1. The SMILES string of the molecule is O=C(COC1CCCC1)NC(C(=O)Nc1ccn[nH]1)c1ccccc1. The molecule has 1 aliphatic rings. The maximum atomic E-state index is 12.6. The highest BCUT2D eigenvalue weighted by atomic mass is 16.5. The number of hydrogen-bond donors (Lipinski definition) is 3. The van der Waals surface area contributed by atoms with Gasteiger partial charge in [0.05, 0.1) is 12.3 Å². The van der Waals surface area contributed by atoms with Crippen LogP contribution >= 0.6 is 0 Å². The van der Waals surface area contributed by atoms with E-state index in [-0.39, 0.29) is 24.5 Å². The van der Waals surface area contributed by atoms with Crippen molar-refractivity contribution in [2.75, 3.05) is 11.9 Å². The molecule has 0 radical (unpaired) electrons. The molecular formula is C18H22N4O3. The number of amides is 2. The Morgan fingerprint density at radius 1 is 1.20 bits per heavy atom. The highest BCUT2D eigenvalue weighted by Gasteiger charge is 2.24. The third-order valence-corrected chi connectivity index (χ3v) is 4.21. The van der Waals surface area contributed by atoms with Gasteiger partial charge in [0.25, 0.3) is 5.91 Å². The monoisotopic (exact) mass is 342 g/mol. The predicted molar refractivity (Wildman–Crippen MR) is 92.8 cm³/mol. The average Bonchev–Trinajstić information content (AvgIpc) is 3.32. The number of aromatic nitrogens is 2. The number of ether oxygens (including phenoxy) is 1. The molecule has 7 heteroatoms. The van der Waals surface area contributed by atoms with E-state index in [9.17, 15) is 9.59 Å². The predicted octanol–water partition coefficient (Wildman–Crippen LogP) is 2.16. The minimum absolute atomic E-state index is 0.0364. The number of nitrogens with zero attached hydrogens (tertiary/aromatic N) is 1. The minimum Gasteiger partial charge on any atom is -0.368 e. The van der Waals surface area contributed by atoms with Crippen LogP contribution in [-0.2, 0) is 14.3 Å². The van der Waals surface area contributed by atoms with Crippen molar-refractivity contribution >= 4 is 17.6 Å². The van der Waals surface area contributed by atoms with Gasteiger partial charge in [-0.1, -0.05) is 43.2 Å². The molecule has 25 heavy (non-hydrogen) atoms. The van der Waals surface area contributed by atoms with Crippen LogP contribution in [0.3, 0.4) is 0 Å². The Balaban J connectivity index is 1.63. The van der Waals surface area contributed by atoms with Crippen LogP contribution < -0.4 is 10.6 Å². The summed E-state index contributed by atoms with van der Waals surface area (Å²) in [6, 6.07) is 9.96. The zero-order valence-corrected chi connectivity index (χ0v) is 13.9. The van der Waals surface area contributed by atoms with Crippen molar-refractivity contribution in [2.24, 2.45) is 0 Å². The molecule has 0 spiro atoms. The van der Waals surface area contributed by atoms with Gasteiger partial charge in [0.15, 0.2) is 0 Å². The first kappa shape index (κ1) is 17.2. The van der Waals surface area contributed by atoms with E-state index in [1.165, 1.54) is 0 Å². The van der Waals surface area contributed by atoms with E-state index in [4.69, 9.17) is 4.74 Å². The Morgan fingerprint density at radius 3 is 2.64 bits per heavy atom. The molecule has 0 bridgehead atoms. The smallest absolute Gasteiger partial charge is 0.252 e. The van der Waals surface area contributed by atoms with Crippen molar-refractivity contribution in [1.82, 2.24) is 15.5 Å². The lowest BCUT2D eigenvalue weighted by Crippen LogP contribution is -2.39. The highest BCUT2D eigenvalue weighted by molar-refractivity contribution is 5.97. The Hall–Kier alpha value is -2.67. The molecule has 1 saturated carbocycles. The first-order valence-corrected chi connectivity index (χ1v) is 8.48. The van der Waals surface area contributed by atoms with Crippen molar-refractivity contribution in [2.45, 2.75) is 37.8 Å². The summed E-state index contributed by atoms with van der Waals surface area (Å²) in [6.45, 7) is -0.0364. The maximum Gasteiger partial charge on any atom is 0.252 e. The molecule has 1 aromatic heterocycles. The van der Waals surface area contributed by atoms with Crippen LogP contribution in [0, 0.1) is 0 Å². The third kappa shape index (κ3) is 4.90. The largest absolute Gasteiger partial charge is 0.368 e. The van der Waals surface area contributed by atoms with Gasteiger partial charge < -0.3 is 15.4 Å². The van der Waals surface area contributed by atoms with E-state index in [0.717, 1.165) is 25.7 Å². The number of carbonyl (C=O) groups is 2. The number of carbonyl (C=O) groups excluding carboxylic acids is 2. The molecule has 1 aromatic carbocycles. The van der Waals surface area contributed by atoms with Crippen LogP contribution in [0.5, 0.6) is 0 Å². The lowest BCUT2D eigenvalue weighted by atomic mass is 10.1. The Bertz CT molecular complexity index is 682. The Kier molecular flexibility index (Phi) is 5.79. The van der Waals surface area contributed by atoms with E-state index in [0.29, 0.717) is 11.4 Å². The van der Waals surface area contributed by atoms with Gasteiger partial charge in [0, 0.05) is 6.07 Å². The zero-order chi connectivity index (χ0) is 17.5. The second-order valence-electron chi connectivity index (χ2n) is 6.09. The number of benzene rings is 1. The van der Waals surface area contributed by atoms with Gasteiger partial charge in [-0.25, -0.2) is 0 Å². The fourth-order valence-electron chi connectivity index (χ4n) is 2.93. The molecule has 1 heterocycles. The van der Waals surface area contributed by atoms with Crippen molar-refractivity contribution in [3.63, 3.8) is 0 Å². The van der Waals surface area contributed by atoms with Crippen LogP contribution in [-0.4, -0.2) is 34.7 Å². The fourth-order valence-corrected chi connectivity index (χ4v) is 2.93. The minimum atomic E-state index is -0.802. The quantitative estimate of drug-likeness (QED) is 0.718. The molecule has 7 nitrogen and oxygen atoms in total. The first-order valence-electron chi connectivity index (χ1n) is 8.48. The van der Waals surface area contributed by atoms with Gasteiger partial charge in [-0.2, -0.15) is 5.10 Å². The van der Waals surface area contributed by atoms with E-state index < -0.39 is 6.04 Å². The Labute approximate surface area is 146 Å². The summed E-state index contributed by atoms with van der Waals surface area (Å²) in [5, 5.41) is 11.9. The lowest BCUT2D eigenvalue weighted by molar-refractivity contribution is -0.131. The Morgan fingerprint density at radius 2 is 1.96 bits per heavy atom. The van der Waals surface area contributed by atoms with Crippen LogP contribution in [0.25, 0.3) is 0 Å². The summed E-state index contributed by atoms with van der Waals surface area (Å²) in [7, 11) is 0. The summed E-state index contributed by atoms with van der Waals surface area (Å²) in [6.07, 6.45) is 5.98. The molecule has 1 aliphatic carbocycles. The normalized spacial score (nSPS) is 15.7. The second-order valence-corrected chi connectivity index (χ2v) is 6.09. The summed E-state index contributed by atoms with van der Waals surface area (Å²) in [5.41, 5.74) is 0.703. The molecule has 1 fully saturated rings. The zero-order valence-electron chi connectivity index (χ0n) is 13.9. The van der Waals surface area contributed by atoms with Crippen LogP contribution in [0.1, 0.15) is 37.3 Å². The lowest BCUT2D eigenvalue weighted by Gasteiger charge is -2.19. The van der Waals surface area contributed by atoms with Gasteiger partial charge >= 0.3 is 0 Å². The number of nitrogens with one attached hydrogen (secondary N) is 3. The summed E-state index contributed by atoms with van der Waals surface area (Å²) < 4.78 is 5.63. The summed E-state index contributed by atoms with van der Waals surface area (Å²) in [5.74, 6) is -0.174.